The van der Waals surface area contributed by atoms with Gasteiger partial charge in [-0.05, 0) is 43.7 Å². The Balaban J connectivity index is 1.76. The van der Waals surface area contributed by atoms with Crippen molar-refractivity contribution in [1.29, 1.82) is 0 Å². The number of rotatable bonds is 5. The first-order valence-electron chi connectivity index (χ1n) is 9.96. The predicted molar refractivity (Wildman–Crippen MR) is 112 cm³/mol. The highest BCUT2D eigenvalue weighted by molar-refractivity contribution is 5.81. The van der Waals surface area contributed by atoms with E-state index in [0.29, 0.717) is 12.1 Å². The average Bonchev–Trinajstić information content (AvgIpc) is 3.12. The van der Waals surface area contributed by atoms with Gasteiger partial charge in [-0.1, -0.05) is 19.9 Å². The first-order chi connectivity index (χ1) is 13.5. The van der Waals surface area contributed by atoms with Crippen molar-refractivity contribution >= 4 is 22.8 Å². The van der Waals surface area contributed by atoms with Crippen LogP contribution in [0.3, 0.4) is 0 Å². The number of anilines is 3. The minimum absolute atomic E-state index is 0.224. The monoisotopic (exact) mass is 380 g/mol. The highest BCUT2D eigenvalue weighted by Crippen LogP contribution is 2.36. The van der Waals surface area contributed by atoms with Crippen molar-refractivity contribution in [3.05, 3.63) is 42.2 Å². The molecule has 0 amide bonds. The van der Waals surface area contributed by atoms with Gasteiger partial charge < -0.3 is 21.5 Å². The lowest BCUT2D eigenvalue weighted by atomic mass is 9.91. The van der Waals surface area contributed by atoms with Crippen molar-refractivity contribution in [3.8, 4) is 5.75 Å². The van der Waals surface area contributed by atoms with Crippen LogP contribution in [0.15, 0.2) is 36.7 Å². The highest BCUT2D eigenvalue weighted by atomic mass is 16.3. The third-order valence-electron chi connectivity index (χ3n) is 5.38. The molecule has 7 nitrogen and oxygen atoms in total. The fourth-order valence-corrected chi connectivity index (χ4v) is 3.93. The van der Waals surface area contributed by atoms with Gasteiger partial charge >= 0.3 is 0 Å². The summed E-state index contributed by atoms with van der Waals surface area (Å²) in [4.78, 5) is 4.51. The third-order valence-corrected chi connectivity index (χ3v) is 5.38. The lowest BCUT2D eigenvalue weighted by molar-refractivity contribution is 0.410. The van der Waals surface area contributed by atoms with E-state index in [-0.39, 0.29) is 11.7 Å². The van der Waals surface area contributed by atoms with Crippen LogP contribution in [0.2, 0.25) is 0 Å². The molecule has 1 saturated carbocycles. The Morgan fingerprint density at radius 2 is 2.00 bits per heavy atom. The minimum atomic E-state index is 0.224. The topological polar surface area (TPSA) is 100 Å². The van der Waals surface area contributed by atoms with E-state index in [0.717, 1.165) is 54.1 Å². The summed E-state index contributed by atoms with van der Waals surface area (Å²) >= 11 is 0. The fourth-order valence-electron chi connectivity index (χ4n) is 3.93. The van der Waals surface area contributed by atoms with Crippen molar-refractivity contribution in [2.45, 2.75) is 57.5 Å². The molecule has 5 N–H and O–H groups in total. The summed E-state index contributed by atoms with van der Waals surface area (Å²) in [5, 5.41) is 21.8. The molecule has 148 valence electrons. The maximum absolute atomic E-state index is 9.84. The van der Waals surface area contributed by atoms with E-state index >= 15 is 0 Å². The summed E-state index contributed by atoms with van der Waals surface area (Å²) in [5.41, 5.74) is 9.65. The van der Waals surface area contributed by atoms with E-state index in [9.17, 15) is 5.11 Å². The first-order valence-corrected chi connectivity index (χ1v) is 9.96. The number of aromatic nitrogens is 3. The molecule has 0 unspecified atom stereocenters. The molecule has 1 fully saturated rings. The van der Waals surface area contributed by atoms with Gasteiger partial charge in [-0.15, -0.1) is 5.10 Å². The molecule has 0 bridgehead atoms. The molecular weight excluding hydrogens is 352 g/mol. The molecule has 0 saturated heterocycles. The molecule has 2 heterocycles. The second kappa shape index (κ2) is 7.67. The van der Waals surface area contributed by atoms with Gasteiger partial charge in [0, 0.05) is 41.8 Å². The Morgan fingerprint density at radius 3 is 2.71 bits per heavy atom. The van der Waals surface area contributed by atoms with Crippen molar-refractivity contribution < 1.29 is 5.11 Å². The molecule has 0 atom stereocenters. The van der Waals surface area contributed by atoms with Gasteiger partial charge in [-0.25, -0.2) is 9.50 Å². The summed E-state index contributed by atoms with van der Waals surface area (Å²) < 4.78 is 1.80. The Labute approximate surface area is 165 Å². The third kappa shape index (κ3) is 3.75. The van der Waals surface area contributed by atoms with E-state index in [1.54, 1.807) is 22.8 Å². The largest absolute Gasteiger partial charge is 0.508 e. The molecule has 7 heteroatoms. The molecule has 0 radical (unpaired) electrons. The van der Waals surface area contributed by atoms with Crippen molar-refractivity contribution in [3.63, 3.8) is 0 Å². The predicted octanol–water partition coefficient (Wildman–Crippen LogP) is 3.98. The normalized spacial score (nSPS) is 19.9. The molecule has 1 aliphatic carbocycles. The molecule has 0 aliphatic heterocycles. The number of nitrogens with zero attached hydrogens (tertiary/aromatic N) is 3. The summed E-state index contributed by atoms with van der Waals surface area (Å²) in [6, 6.07) is 7.81. The molecule has 28 heavy (non-hydrogen) atoms. The second-order valence-corrected chi connectivity index (χ2v) is 7.92. The van der Waals surface area contributed by atoms with Gasteiger partial charge in [0.15, 0.2) is 11.5 Å². The molecule has 1 aliphatic rings. The van der Waals surface area contributed by atoms with Gasteiger partial charge in [0.25, 0.3) is 0 Å². The van der Waals surface area contributed by atoms with E-state index in [4.69, 9.17) is 10.8 Å². The van der Waals surface area contributed by atoms with Crippen LogP contribution in [0.25, 0.3) is 5.65 Å². The Hall–Kier alpha value is -2.80. The van der Waals surface area contributed by atoms with Gasteiger partial charge in [0.1, 0.15) is 5.75 Å². The van der Waals surface area contributed by atoms with Crippen molar-refractivity contribution in [2.75, 3.05) is 10.6 Å². The van der Waals surface area contributed by atoms with E-state index in [1.807, 2.05) is 18.3 Å². The maximum atomic E-state index is 9.84. The van der Waals surface area contributed by atoms with Crippen LogP contribution in [-0.2, 0) is 0 Å². The quantitative estimate of drug-likeness (QED) is 0.534. The molecule has 3 aromatic rings. The number of phenols is 1. The van der Waals surface area contributed by atoms with E-state index in [2.05, 4.69) is 29.5 Å². The first kappa shape index (κ1) is 18.6. The lowest BCUT2D eigenvalue weighted by Crippen LogP contribution is -2.33. The SMILES string of the molecule is CC(C)c1c(NC2CCC(N)CC2)nn2ccnc2c1Nc1cccc(O)c1. The molecule has 0 spiro atoms. The maximum Gasteiger partial charge on any atom is 0.177 e. The Kier molecular flexibility index (Phi) is 5.09. The zero-order valence-electron chi connectivity index (χ0n) is 16.4. The summed E-state index contributed by atoms with van der Waals surface area (Å²) in [7, 11) is 0. The van der Waals surface area contributed by atoms with Crippen LogP contribution in [0.1, 0.15) is 51.0 Å². The summed E-state index contributed by atoms with van der Waals surface area (Å²) in [6.45, 7) is 4.32. The lowest BCUT2D eigenvalue weighted by Gasteiger charge is -2.29. The highest BCUT2D eigenvalue weighted by Gasteiger charge is 2.24. The van der Waals surface area contributed by atoms with Crippen LogP contribution in [0.5, 0.6) is 5.75 Å². The van der Waals surface area contributed by atoms with Crippen LogP contribution < -0.4 is 16.4 Å². The fraction of sp³-hybridized carbons (Fsp3) is 0.429. The number of phenolic OH excluding ortho intramolecular Hbond substituents is 1. The van der Waals surface area contributed by atoms with Crippen LogP contribution in [-0.4, -0.2) is 31.8 Å². The standard InChI is InChI=1S/C21H28N6O/c1-13(2)18-19(24-16-4-3-5-17(28)12-16)21-23-10-11-27(21)26-20(18)25-15-8-6-14(22)7-9-15/h3-5,10-15,24,28H,6-9,22H2,1-2H3,(H,25,26). The Morgan fingerprint density at radius 1 is 1.21 bits per heavy atom. The second-order valence-electron chi connectivity index (χ2n) is 7.92. The molecule has 1 aromatic carbocycles. The van der Waals surface area contributed by atoms with Crippen molar-refractivity contribution in [1.82, 2.24) is 14.6 Å². The average molecular weight is 380 g/mol. The zero-order chi connectivity index (χ0) is 19.7. The number of nitrogens with two attached hydrogens (primary N) is 1. The van der Waals surface area contributed by atoms with Gasteiger partial charge in [-0.2, -0.15) is 0 Å². The number of imidazole rings is 1. The molecular formula is C21H28N6O. The summed E-state index contributed by atoms with van der Waals surface area (Å²) in [6.07, 6.45) is 7.79. The molecule has 2 aromatic heterocycles. The molecule has 4 rings (SSSR count). The van der Waals surface area contributed by atoms with Crippen molar-refractivity contribution in [2.24, 2.45) is 5.73 Å². The van der Waals surface area contributed by atoms with Gasteiger partial charge in [0.2, 0.25) is 0 Å². The van der Waals surface area contributed by atoms with Gasteiger partial charge in [0.05, 0.1) is 5.69 Å². The van der Waals surface area contributed by atoms with Crippen LogP contribution in [0.4, 0.5) is 17.2 Å². The van der Waals surface area contributed by atoms with E-state index in [1.165, 1.54) is 0 Å². The number of hydrogen-bond acceptors (Lipinski definition) is 6. The van der Waals surface area contributed by atoms with E-state index < -0.39 is 0 Å². The smallest absolute Gasteiger partial charge is 0.177 e. The van der Waals surface area contributed by atoms with Crippen LogP contribution >= 0.6 is 0 Å². The Bertz CT molecular complexity index is 959. The number of fused-ring (bicyclic) bond motifs is 1. The zero-order valence-corrected chi connectivity index (χ0v) is 16.4. The van der Waals surface area contributed by atoms with Gasteiger partial charge in [-0.3, -0.25) is 0 Å². The van der Waals surface area contributed by atoms with Crippen LogP contribution in [0, 0.1) is 0 Å². The summed E-state index contributed by atoms with van der Waals surface area (Å²) in [5.74, 6) is 1.34. The number of benzene rings is 1. The minimum Gasteiger partial charge on any atom is -0.508 e. The number of aromatic hydroxyl groups is 1. The number of nitrogens with one attached hydrogen (secondary N) is 2. The number of hydrogen-bond donors (Lipinski definition) is 4.